The van der Waals surface area contributed by atoms with Gasteiger partial charge in [0.2, 0.25) is 5.91 Å². The van der Waals surface area contributed by atoms with Gasteiger partial charge in [0, 0.05) is 12.5 Å². The zero-order valence-electron chi connectivity index (χ0n) is 12.5. The van der Waals surface area contributed by atoms with Crippen LogP contribution < -0.4 is 5.32 Å². The van der Waals surface area contributed by atoms with E-state index in [0.717, 1.165) is 32.2 Å². The topological polar surface area (TPSA) is 29.1 Å². The van der Waals surface area contributed by atoms with E-state index in [2.05, 4.69) is 30.4 Å². The number of benzene rings is 1. The van der Waals surface area contributed by atoms with Gasteiger partial charge in [-0.3, -0.25) is 4.79 Å². The van der Waals surface area contributed by atoms with E-state index in [1.54, 1.807) is 5.56 Å². The number of rotatable bonds is 5. The van der Waals surface area contributed by atoms with Crippen molar-refractivity contribution >= 4 is 5.91 Å². The van der Waals surface area contributed by atoms with Crippen LogP contribution in [0.4, 0.5) is 0 Å². The van der Waals surface area contributed by atoms with Crippen LogP contribution in [0.2, 0.25) is 0 Å². The van der Waals surface area contributed by atoms with Crippen molar-refractivity contribution in [2.24, 2.45) is 5.92 Å². The summed E-state index contributed by atoms with van der Waals surface area (Å²) in [5.41, 5.74) is 4.53. The van der Waals surface area contributed by atoms with Crippen molar-refractivity contribution in [1.29, 1.82) is 0 Å². The highest BCUT2D eigenvalue weighted by atomic mass is 16.2. The minimum atomic E-state index is 0.281. The maximum Gasteiger partial charge on any atom is 0.223 e. The van der Waals surface area contributed by atoms with Crippen LogP contribution in [0, 0.1) is 5.92 Å². The molecular formula is C18H25NO. The van der Waals surface area contributed by atoms with Crippen LogP contribution in [-0.4, -0.2) is 12.5 Å². The molecule has 2 heteroatoms. The molecule has 1 aromatic rings. The highest BCUT2D eigenvalue weighted by molar-refractivity contribution is 5.80. The average Bonchev–Trinajstić information content (AvgIpc) is 3.31. The maximum atomic E-state index is 11.7. The highest BCUT2D eigenvalue weighted by Crippen LogP contribution is 2.34. The van der Waals surface area contributed by atoms with E-state index in [9.17, 15) is 4.79 Å². The lowest BCUT2D eigenvalue weighted by atomic mass is 9.80. The summed E-state index contributed by atoms with van der Waals surface area (Å²) >= 11 is 0. The molecule has 1 aromatic carbocycles. The van der Waals surface area contributed by atoms with Gasteiger partial charge in [0.05, 0.1) is 0 Å². The molecule has 0 spiro atoms. The van der Waals surface area contributed by atoms with Gasteiger partial charge in [-0.25, -0.2) is 0 Å². The molecule has 20 heavy (non-hydrogen) atoms. The Kier molecular flexibility index (Phi) is 4.09. The number of amides is 1. The van der Waals surface area contributed by atoms with Crippen molar-refractivity contribution in [3.63, 3.8) is 0 Å². The van der Waals surface area contributed by atoms with Crippen molar-refractivity contribution in [2.45, 2.75) is 57.8 Å². The van der Waals surface area contributed by atoms with Crippen molar-refractivity contribution in [1.82, 2.24) is 5.32 Å². The van der Waals surface area contributed by atoms with Gasteiger partial charge >= 0.3 is 0 Å². The molecule has 0 heterocycles. The van der Waals surface area contributed by atoms with Crippen LogP contribution in [-0.2, 0) is 17.6 Å². The zero-order chi connectivity index (χ0) is 13.9. The monoisotopic (exact) mass is 271 g/mol. The molecule has 1 amide bonds. The second-order valence-electron chi connectivity index (χ2n) is 6.33. The maximum absolute atomic E-state index is 11.7. The Labute approximate surface area is 122 Å². The van der Waals surface area contributed by atoms with Crippen LogP contribution in [0.25, 0.3) is 0 Å². The minimum absolute atomic E-state index is 0.281. The number of hydrogen-bond donors (Lipinski definition) is 1. The second kappa shape index (κ2) is 5.99. The van der Waals surface area contributed by atoms with E-state index in [1.165, 1.54) is 30.4 Å². The van der Waals surface area contributed by atoms with E-state index in [1.807, 2.05) is 0 Å². The third kappa shape index (κ3) is 3.05. The summed E-state index contributed by atoms with van der Waals surface area (Å²) in [6.45, 7) is 3.06. The van der Waals surface area contributed by atoms with Crippen LogP contribution >= 0.6 is 0 Å². The molecule has 0 aliphatic heterocycles. The first kappa shape index (κ1) is 13.7. The summed E-state index contributed by atoms with van der Waals surface area (Å²) < 4.78 is 0. The van der Waals surface area contributed by atoms with E-state index in [4.69, 9.17) is 0 Å². The molecule has 3 rings (SSSR count). The van der Waals surface area contributed by atoms with Gasteiger partial charge in [0.25, 0.3) is 0 Å². The van der Waals surface area contributed by atoms with Crippen LogP contribution in [0.5, 0.6) is 0 Å². The van der Waals surface area contributed by atoms with E-state index in [0.29, 0.717) is 11.8 Å². The molecule has 2 aliphatic rings. The van der Waals surface area contributed by atoms with Crippen LogP contribution in [0.15, 0.2) is 18.2 Å². The summed E-state index contributed by atoms with van der Waals surface area (Å²) in [6.07, 6.45) is 8.19. The van der Waals surface area contributed by atoms with Gasteiger partial charge in [-0.1, -0.05) is 25.1 Å². The molecule has 0 saturated heterocycles. The number of aryl methyl sites for hydroxylation is 2. The first-order valence-electron chi connectivity index (χ1n) is 8.17. The van der Waals surface area contributed by atoms with Gasteiger partial charge in [0.1, 0.15) is 0 Å². The predicted molar refractivity (Wildman–Crippen MR) is 81.8 cm³/mol. The summed E-state index contributed by atoms with van der Waals surface area (Å²) in [4.78, 5) is 11.7. The molecule has 1 fully saturated rings. The summed E-state index contributed by atoms with van der Waals surface area (Å²) in [7, 11) is 0. The normalized spacial score (nSPS) is 21.4. The Bertz CT molecular complexity index is 490. The Morgan fingerprint density at radius 1 is 1.30 bits per heavy atom. The van der Waals surface area contributed by atoms with Gasteiger partial charge in [-0.05, 0) is 67.6 Å². The van der Waals surface area contributed by atoms with Gasteiger partial charge < -0.3 is 5.32 Å². The summed E-state index contributed by atoms with van der Waals surface area (Å²) in [6, 6.07) is 7.00. The molecule has 0 bridgehead atoms. The fourth-order valence-corrected chi connectivity index (χ4v) is 3.33. The zero-order valence-corrected chi connectivity index (χ0v) is 12.5. The van der Waals surface area contributed by atoms with E-state index >= 15 is 0 Å². The number of hydrogen-bond acceptors (Lipinski definition) is 1. The number of nitrogens with one attached hydrogen (secondary N) is 1. The summed E-state index contributed by atoms with van der Waals surface area (Å²) in [5.74, 6) is 1.26. The molecule has 1 atom stereocenters. The average molecular weight is 271 g/mol. The van der Waals surface area contributed by atoms with Crippen molar-refractivity contribution in [3.05, 3.63) is 34.9 Å². The first-order valence-corrected chi connectivity index (χ1v) is 8.17. The van der Waals surface area contributed by atoms with E-state index in [-0.39, 0.29) is 5.91 Å². The third-order valence-corrected chi connectivity index (χ3v) is 4.80. The van der Waals surface area contributed by atoms with Crippen molar-refractivity contribution < 1.29 is 4.79 Å². The van der Waals surface area contributed by atoms with Crippen molar-refractivity contribution in [2.75, 3.05) is 6.54 Å². The SMILES string of the molecule is CCc1ccc2c(c1)[C@@H](CCNC(=O)C1CC1)CCC2. The minimum Gasteiger partial charge on any atom is -0.356 e. The lowest BCUT2D eigenvalue weighted by Gasteiger charge is -2.26. The molecule has 0 aromatic heterocycles. The molecule has 0 unspecified atom stereocenters. The van der Waals surface area contributed by atoms with Crippen LogP contribution in [0.3, 0.4) is 0 Å². The molecule has 108 valence electrons. The molecule has 1 saturated carbocycles. The quantitative estimate of drug-likeness (QED) is 0.871. The Morgan fingerprint density at radius 2 is 2.15 bits per heavy atom. The Balaban J connectivity index is 1.61. The Hall–Kier alpha value is -1.31. The second-order valence-corrected chi connectivity index (χ2v) is 6.33. The standard InChI is InChI=1S/C18H25NO/c1-2-13-6-7-14-4-3-5-15(17(14)12-13)10-11-19-18(20)16-8-9-16/h6-7,12,15-16H,2-5,8-11H2,1H3,(H,19,20)/t15-/m1/s1. The van der Waals surface area contributed by atoms with Gasteiger partial charge in [-0.15, -0.1) is 0 Å². The molecule has 2 aliphatic carbocycles. The number of carbonyl (C=O) groups excluding carboxylic acids is 1. The summed E-state index contributed by atoms with van der Waals surface area (Å²) in [5, 5.41) is 3.11. The fraction of sp³-hybridized carbons (Fsp3) is 0.611. The van der Waals surface area contributed by atoms with E-state index < -0.39 is 0 Å². The van der Waals surface area contributed by atoms with Crippen molar-refractivity contribution in [3.8, 4) is 0 Å². The number of carbonyl (C=O) groups is 1. The molecule has 2 nitrogen and oxygen atoms in total. The predicted octanol–water partition coefficient (Wildman–Crippen LogP) is 3.59. The lowest BCUT2D eigenvalue weighted by molar-refractivity contribution is -0.122. The third-order valence-electron chi connectivity index (χ3n) is 4.80. The fourth-order valence-electron chi connectivity index (χ4n) is 3.33. The molecular weight excluding hydrogens is 246 g/mol. The highest BCUT2D eigenvalue weighted by Gasteiger charge is 2.29. The largest absolute Gasteiger partial charge is 0.356 e. The smallest absolute Gasteiger partial charge is 0.223 e. The van der Waals surface area contributed by atoms with Crippen LogP contribution in [0.1, 0.15) is 61.6 Å². The Morgan fingerprint density at radius 3 is 2.90 bits per heavy atom. The lowest BCUT2D eigenvalue weighted by Crippen LogP contribution is -2.27. The van der Waals surface area contributed by atoms with Gasteiger partial charge in [0.15, 0.2) is 0 Å². The number of fused-ring (bicyclic) bond motifs is 1. The molecule has 0 radical (unpaired) electrons. The molecule has 1 N–H and O–H groups in total. The first-order chi connectivity index (χ1) is 9.78. The van der Waals surface area contributed by atoms with Gasteiger partial charge in [-0.2, -0.15) is 0 Å².